The summed E-state index contributed by atoms with van der Waals surface area (Å²) in [6.45, 7) is 0.637. The fourth-order valence-corrected chi connectivity index (χ4v) is 4.65. The highest BCUT2D eigenvalue weighted by atomic mass is 32.2. The highest BCUT2D eigenvalue weighted by molar-refractivity contribution is 7.92. The van der Waals surface area contributed by atoms with Gasteiger partial charge >= 0.3 is 0 Å². The largest absolute Gasteiger partial charge is 0.322 e. The molecule has 7 nitrogen and oxygen atoms in total. The first-order valence-corrected chi connectivity index (χ1v) is 12.0. The second-order valence-electron chi connectivity index (χ2n) is 7.77. The first-order valence-electron chi connectivity index (χ1n) is 10.5. The Labute approximate surface area is 195 Å². The van der Waals surface area contributed by atoms with Crippen LogP contribution in [0.1, 0.15) is 29.6 Å². The molecule has 176 valence electrons. The van der Waals surface area contributed by atoms with Crippen LogP contribution in [0.3, 0.4) is 0 Å². The number of rotatable bonds is 6. The number of sulfonamides is 1. The Hall–Kier alpha value is -3.79. The molecule has 0 atom stereocenters. The molecule has 0 aliphatic carbocycles. The molecule has 0 unspecified atom stereocenters. The van der Waals surface area contributed by atoms with Crippen molar-refractivity contribution in [1.29, 1.82) is 0 Å². The predicted octanol–water partition coefficient (Wildman–Crippen LogP) is 4.53. The van der Waals surface area contributed by atoms with E-state index in [-0.39, 0.29) is 17.2 Å². The molecule has 2 N–H and O–H groups in total. The van der Waals surface area contributed by atoms with Gasteiger partial charge in [0.1, 0.15) is 0 Å². The highest BCUT2D eigenvalue weighted by Crippen LogP contribution is 2.24. The Morgan fingerprint density at radius 1 is 0.882 bits per heavy atom. The Kier molecular flexibility index (Phi) is 6.60. The van der Waals surface area contributed by atoms with Crippen LogP contribution in [0.5, 0.6) is 0 Å². The van der Waals surface area contributed by atoms with Gasteiger partial charge in [0.25, 0.3) is 15.9 Å². The van der Waals surface area contributed by atoms with Crippen molar-refractivity contribution in [3.05, 3.63) is 83.9 Å². The van der Waals surface area contributed by atoms with Gasteiger partial charge in [-0.05, 0) is 73.5 Å². The molecule has 4 rings (SSSR count). The summed E-state index contributed by atoms with van der Waals surface area (Å²) in [4.78, 5) is 26.1. The number of carbonyl (C=O) groups excluding carboxylic acids is 2. The molecule has 1 saturated heterocycles. The van der Waals surface area contributed by atoms with Crippen molar-refractivity contribution in [2.45, 2.75) is 24.2 Å². The van der Waals surface area contributed by atoms with Gasteiger partial charge in [-0.3, -0.25) is 14.3 Å². The van der Waals surface area contributed by atoms with E-state index in [9.17, 15) is 26.8 Å². The molecule has 0 saturated carbocycles. The highest BCUT2D eigenvalue weighted by Gasteiger charge is 2.20. The van der Waals surface area contributed by atoms with Gasteiger partial charge in [-0.25, -0.2) is 17.2 Å². The first kappa shape index (κ1) is 23.4. The van der Waals surface area contributed by atoms with Crippen LogP contribution < -0.4 is 14.9 Å². The molecule has 10 heteroatoms. The topological polar surface area (TPSA) is 95.6 Å². The van der Waals surface area contributed by atoms with Crippen molar-refractivity contribution in [3.8, 4) is 0 Å². The van der Waals surface area contributed by atoms with Gasteiger partial charge in [0, 0.05) is 35.6 Å². The molecule has 0 aromatic heterocycles. The van der Waals surface area contributed by atoms with E-state index in [1.165, 1.54) is 24.3 Å². The van der Waals surface area contributed by atoms with E-state index in [2.05, 4.69) is 10.0 Å². The van der Waals surface area contributed by atoms with Gasteiger partial charge in [-0.15, -0.1) is 0 Å². The second-order valence-corrected chi connectivity index (χ2v) is 9.45. The Balaban J connectivity index is 1.44. The van der Waals surface area contributed by atoms with E-state index in [1.807, 2.05) is 6.07 Å². The van der Waals surface area contributed by atoms with Crippen molar-refractivity contribution in [2.75, 3.05) is 21.5 Å². The van der Waals surface area contributed by atoms with Crippen molar-refractivity contribution < 1.29 is 26.8 Å². The number of hydrogen-bond donors (Lipinski definition) is 2. The Morgan fingerprint density at radius 3 is 2.35 bits per heavy atom. The average molecular weight is 486 g/mol. The van der Waals surface area contributed by atoms with Crippen LogP contribution in [0.4, 0.5) is 25.8 Å². The number of nitrogens with zero attached hydrogens (tertiary/aromatic N) is 1. The molecule has 2 amide bonds. The zero-order chi connectivity index (χ0) is 24.3. The maximum absolute atomic E-state index is 13.4. The summed E-state index contributed by atoms with van der Waals surface area (Å²) >= 11 is 0. The Morgan fingerprint density at radius 2 is 1.65 bits per heavy atom. The van der Waals surface area contributed by atoms with Gasteiger partial charge in [0.05, 0.1) is 4.90 Å². The van der Waals surface area contributed by atoms with Gasteiger partial charge < -0.3 is 10.2 Å². The van der Waals surface area contributed by atoms with E-state index >= 15 is 0 Å². The summed E-state index contributed by atoms with van der Waals surface area (Å²) in [5, 5.41) is 2.76. The summed E-state index contributed by atoms with van der Waals surface area (Å²) in [6.07, 6.45) is 2.30. The number of anilines is 3. The number of hydrogen-bond acceptors (Lipinski definition) is 4. The van der Waals surface area contributed by atoms with E-state index in [4.69, 9.17) is 0 Å². The molecule has 1 fully saturated rings. The van der Waals surface area contributed by atoms with Crippen LogP contribution in [0, 0.1) is 11.6 Å². The van der Waals surface area contributed by atoms with E-state index < -0.39 is 32.5 Å². The molecule has 3 aromatic carbocycles. The lowest BCUT2D eigenvalue weighted by molar-refractivity contribution is -0.119. The summed E-state index contributed by atoms with van der Waals surface area (Å²) in [5.41, 5.74) is 1.65. The smallest absolute Gasteiger partial charge is 0.261 e. The fourth-order valence-electron chi connectivity index (χ4n) is 3.58. The number of piperidine rings is 1. The van der Waals surface area contributed by atoms with Gasteiger partial charge in [-0.1, -0.05) is 6.07 Å². The average Bonchev–Trinajstić information content (AvgIpc) is 2.81. The number of halogens is 2. The molecule has 1 aliphatic rings. The van der Waals surface area contributed by atoms with Gasteiger partial charge in [-0.2, -0.15) is 0 Å². The van der Waals surface area contributed by atoms with Crippen LogP contribution in [0.25, 0.3) is 0 Å². The molecule has 34 heavy (non-hydrogen) atoms. The molecule has 0 bridgehead atoms. The predicted molar refractivity (Wildman–Crippen MR) is 124 cm³/mol. The van der Waals surface area contributed by atoms with Crippen LogP contribution >= 0.6 is 0 Å². The summed E-state index contributed by atoms with van der Waals surface area (Å²) in [6, 6.07) is 14.9. The van der Waals surface area contributed by atoms with Crippen LogP contribution in [-0.4, -0.2) is 26.8 Å². The number of benzene rings is 3. The minimum atomic E-state index is -4.14. The molecule has 3 aromatic rings. The molecular formula is C24H21F2N3O4S. The van der Waals surface area contributed by atoms with E-state index in [1.54, 1.807) is 23.1 Å². The molecule has 0 spiro atoms. The second kappa shape index (κ2) is 9.60. The lowest BCUT2D eigenvalue weighted by Crippen LogP contribution is -2.35. The number of nitrogens with one attached hydrogen (secondary N) is 2. The van der Waals surface area contributed by atoms with Crippen molar-refractivity contribution in [3.63, 3.8) is 0 Å². The maximum atomic E-state index is 13.4. The van der Waals surface area contributed by atoms with Crippen molar-refractivity contribution in [1.82, 2.24) is 0 Å². The molecule has 0 radical (unpaired) electrons. The molecular weight excluding hydrogens is 464 g/mol. The minimum absolute atomic E-state index is 0.0520. The number of amides is 2. The quantitative estimate of drug-likeness (QED) is 0.536. The SMILES string of the molecule is O=C(Nc1cccc(N2CCCCC2=O)c1)c1ccc(NS(=O)(=O)c2ccc(F)c(F)c2)cc1. The third-order valence-electron chi connectivity index (χ3n) is 5.34. The van der Waals surface area contributed by atoms with Gasteiger partial charge in [0.2, 0.25) is 5.91 Å². The zero-order valence-corrected chi connectivity index (χ0v) is 18.7. The standard InChI is InChI=1S/C24H21F2N3O4S/c25-21-12-11-20(15-22(21)26)34(32,33)28-17-9-7-16(8-10-17)24(31)27-18-4-3-5-19(14-18)29-13-2-1-6-23(29)30/h3-5,7-12,14-15,28H,1-2,6,13H2,(H,27,31). The third kappa shape index (κ3) is 5.23. The van der Waals surface area contributed by atoms with Crippen LogP contribution in [-0.2, 0) is 14.8 Å². The first-order chi connectivity index (χ1) is 16.2. The van der Waals surface area contributed by atoms with Crippen LogP contribution in [0.2, 0.25) is 0 Å². The summed E-state index contributed by atoms with van der Waals surface area (Å²) in [7, 11) is -4.14. The van der Waals surface area contributed by atoms with E-state index in [0.717, 1.165) is 25.0 Å². The third-order valence-corrected chi connectivity index (χ3v) is 6.72. The van der Waals surface area contributed by atoms with Crippen molar-refractivity contribution >= 4 is 38.9 Å². The molecule has 1 aliphatic heterocycles. The van der Waals surface area contributed by atoms with Crippen molar-refractivity contribution in [2.24, 2.45) is 0 Å². The summed E-state index contributed by atoms with van der Waals surface area (Å²) in [5.74, 6) is -2.79. The fraction of sp³-hybridized carbons (Fsp3) is 0.167. The van der Waals surface area contributed by atoms with E-state index in [0.29, 0.717) is 30.4 Å². The Bertz CT molecular complexity index is 1340. The monoisotopic (exact) mass is 485 g/mol. The lowest BCUT2D eigenvalue weighted by atomic mass is 10.1. The lowest BCUT2D eigenvalue weighted by Gasteiger charge is -2.27. The minimum Gasteiger partial charge on any atom is -0.322 e. The van der Waals surface area contributed by atoms with Crippen LogP contribution in [0.15, 0.2) is 71.6 Å². The normalized spacial score (nSPS) is 14.1. The van der Waals surface area contributed by atoms with Gasteiger partial charge in [0.15, 0.2) is 11.6 Å². The zero-order valence-electron chi connectivity index (χ0n) is 17.9. The number of carbonyl (C=O) groups is 2. The summed E-state index contributed by atoms with van der Waals surface area (Å²) < 4.78 is 53.5. The maximum Gasteiger partial charge on any atom is 0.261 e. The molecule has 1 heterocycles.